The van der Waals surface area contributed by atoms with Gasteiger partial charge in [-0.2, -0.15) is 0 Å². The summed E-state index contributed by atoms with van der Waals surface area (Å²) in [6, 6.07) is 12.1. The molecule has 206 valence electrons. The van der Waals surface area contributed by atoms with Gasteiger partial charge in [-0.1, -0.05) is 12.1 Å². The van der Waals surface area contributed by atoms with E-state index in [1.807, 2.05) is 0 Å². The number of ether oxygens (including phenoxy) is 6. The lowest BCUT2D eigenvalue weighted by Crippen LogP contribution is -2.42. The molecule has 0 fully saturated rings. The van der Waals surface area contributed by atoms with E-state index in [0.29, 0.717) is 23.0 Å². The zero-order chi connectivity index (χ0) is 28.5. The maximum atomic E-state index is 13.1. The van der Waals surface area contributed by atoms with Crippen LogP contribution in [0.4, 0.5) is 5.69 Å². The van der Waals surface area contributed by atoms with Gasteiger partial charge >= 0.3 is 0 Å². The van der Waals surface area contributed by atoms with Crippen LogP contribution in [0, 0.1) is 0 Å². The van der Waals surface area contributed by atoms with Gasteiger partial charge in [0.1, 0.15) is 0 Å². The molecule has 39 heavy (non-hydrogen) atoms. The topological polar surface area (TPSA) is 143 Å². The number of nitrogens with one attached hydrogen (secondary N) is 3. The molecule has 3 amide bonds. The van der Waals surface area contributed by atoms with Crippen LogP contribution in [0.25, 0.3) is 0 Å². The molecule has 0 aliphatic heterocycles. The van der Waals surface area contributed by atoms with Crippen molar-refractivity contribution in [1.29, 1.82) is 0 Å². The first-order chi connectivity index (χ1) is 18.8. The second-order valence-corrected chi connectivity index (χ2v) is 7.74. The number of hydrogen-bond donors (Lipinski definition) is 3. The quantitative estimate of drug-likeness (QED) is 0.331. The molecule has 0 unspecified atom stereocenters. The average Bonchev–Trinajstić information content (AvgIpc) is 2.97. The van der Waals surface area contributed by atoms with E-state index in [1.165, 1.54) is 73.0 Å². The molecule has 3 N–H and O–H groups in total. The van der Waals surface area contributed by atoms with Gasteiger partial charge < -0.3 is 33.7 Å². The fourth-order valence-corrected chi connectivity index (χ4v) is 3.66. The fraction of sp³-hybridized carbons (Fsp3) is 0.222. The molecule has 0 atom stereocenters. The number of methoxy groups -OCH3 is 6. The van der Waals surface area contributed by atoms with E-state index >= 15 is 0 Å². The van der Waals surface area contributed by atoms with Gasteiger partial charge in [0.15, 0.2) is 23.0 Å². The zero-order valence-corrected chi connectivity index (χ0v) is 22.3. The predicted molar refractivity (Wildman–Crippen MR) is 142 cm³/mol. The van der Waals surface area contributed by atoms with Gasteiger partial charge in [0.2, 0.25) is 11.5 Å². The van der Waals surface area contributed by atoms with Crippen molar-refractivity contribution in [3.63, 3.8) is 0 Å². The normalized spacial score (nSPS) is 10.1. The molecule has 0 spiro atoms. The third-order valence-electron chi connectivity index (χ3n) is 5.56. The summed E-state index contributed by atoms with van der Waals surface area (Å²) < 4.78 is 31.7. The van der Waals surface area contributed by atoms with E-state index in [0.717, 1.165) is 0 Å². The Balaban J connectivity index is 1.78. The van der Waals surface area contributed by atoms with Crippen LogP contribution in [0.5, 0.6) is 34.5 Å². The summed E-state index contributed by atoms with van der Waals surface area (Å²) in [4.78, 5) is 38.8. The highest BCUT2D eigenvalue weighted by atomic mass is 16.5. The number of amides is 3. The molecule has 0 radical (unpaired) electrons. The third kappa shape index (κ3) is 6.24. The molecule has 3 rings (SSSR count). The van der Waals surface area contributed by atoms with Crippen molar-refractivity contribution in [2.24, 2.45) is 0 Å². The van der Waals surface area contributed by atoms with Crippen LogP contribution in [0.1, 0.15) is 31.1 Å². The molecule has 3 aromatic carbocycles. The van der Waals surface area contributed by atoms with Crippen molar-refractivity contribution >= 4 is 23.4 Å². The molecule has 0 saturated heterocycles. The first-order valence-corrected chi connectivity index (χ1v) is 11.4. The minimum Gasteiger partial charge on any atom is -0.493 e. The number of carbonyl (C=O) groups excluding carboxylic acids is 3. The van der Waals surface area contributed by atoms with Crippen molar-refractivity contribution < 1.29 is 42.8 Å². The molecule has 0 aliphatic rings. The zero-order valence-electron chi connectivity index (χ0n) is 22.3. The van der Waals surface area contributed by atoms with Crippen LogP contribution in [0.3, 0.4) is 0 Å². The summed E-state index contributed by atoms with van der Waals surface area (Å²) in [5, 5.41) is 2.70. The highest BCUT2D eigenvalue weighted by Gasteiger charge is 2.21. The van der Waals surface area contributed by atoms with Crippen molar-refractivity contribution in [3.8, 4) is 34.5 Å². The monoisotopic (exact) mass is 539 g/mol. The Hall–Kier alpha value is -5.13. The van der Waals surface area contributed by atoms with E-state index in [-0.39, 0.29) is 33.9 Å². The highest BCUT2D eigenvalue weighted by Crippen LogP contribution is 2.39. The second-order valence-electron chi connectivity index (χ2n) is 7.74. The van der Waals surface area contributed by atoms with Crippen LogP contribution < -0.4 is 44.6 Å². The van der Waals surface area contributed by atoms with Crippen LogP contribution >= 0.6 is 0 Å². The SMILES string of the molecule is COc1cc(C(=O)NNC(=O)c2ccccc2NC(=O)c2cc(OC)c(OC)c(OC)c2)cc(OC)c1OC. The maximum absolute atomic E-state index is 13.1. The summed E-state index contributed by atoms with van der Waals surface area (Å²) in [6.45, 7) is 0. The lowest BCUT2D eigenvalue weighted by Gasteiger charge is -2.16. The number of rotatable bonds is 10. The van der Waals surface area contributed by atoms with Gasteiger partial charge in [-0.15, -0.1) is 0 Å². The van der Waals surface area contributed by atoms with Gasteiger partial charge in [-0.3, -0.25) is 25.2 Å². The number of para-hydroxylation sites is 1. The Morgan fingerprint density at radius 2 is 0.949 bits per heavy atom. The third-order valence-corrected chi connectivity index (χ3v) is 5.56. The maximum Gasteiger partial charge on any atom is 0.271 e. The van der Waals surface area contributed by atoms with Crippen LogP contribution in [0.15, 0.2) is 48.5 Å². The molecule has 0 aliphatic carbocycles. The van der Waals surface area contributed by atoms with Crippen LogP contribution in [0.2, 0.25) is 0 Å². The first kappa shape index (κ1) is 28.4. The van der Waals surface area contributed by atoms with Crippen molar-refractivity contribution in [2.75, 3.05) is 48.0 Å². The Morgan fingerprint density at radius 3 is 1.38 bits per heavy atom. The smallest absolute Gasteiger partial charge is 0.271 e. The molecule has 0 aromatic heterocycles. The summed E-state index contributed by atoms with van der Waals surface area (Å²) in [6.07, 6.45) is 0. The van der Waals surface area contributed by atoms with Gasteiger partial charge in [-0.05, 0) is 36.4 Å². The summed E-state index contributed by atoms with van der Waals surface area (Å²) >= 11 is 0. The van der Waals surface area contributed by atoms with E-state index in [4.69, 9.17) is 28.4 Å². The van der Waals surface area contributed by atoms with E-state index in [2.05, 4.69) is 16.2 Å². The first-order valence-electron chi connectivity index (χ1n) is 11.4. The Labute approximate surface area is 225 Å². The number of hydrazine groups is 1. The highest BCUT2D eigenvalue weighted by molar-refractivity contribution is 6.10. The van der Waals surface area contributed by atoms with Crippen LogP contribution in [-0.4, -0.2) is 60.4 Å². The fourth-order valence-electron chi connectivity index (χ4n) is 3.66. The van der Waals surface area contributed by atoms with Gasteiger partial charge in [0, 0.05) is 11.1 Å². The lowest BCUT2D eigenvalue weighted by molar-refractivity contribution is 0.0846. The number of anilines is 1. The average molecular weight is 540 g/mol. The molecule has 3 aromatic rings. The number of benzene rings is 3. The van der Waals surface area contributed by atoms with Crippen molar-refractivity contribution in [3.05, 3.63) is 65.2 Å². The number of hydrogen-bond acceptors (Lipinski definition) is 9. The standard InChI is InChI=1S/C27H29N3O9/c1-34-19-11-15(12-20(35-2)23(19)38-5)25(31)28-18-10-8-7-9-17(18)27(33)30-29-26(32)16-13-21(36-3)24(39-6)22(14-16)37-4/h7-14H,1-6H3,(H,28,31)(H,29,32)(H,30,33). The van der Waals surface area contributed by atoms with Crippen molar-refractivity contribution in [2.45, 2.75) is 0 Å². The minimum atomic E-state index is -0.670. The minimum absolute atomic E-state index is 0.100. The van der Waals surface area contributed by atoms with E-state index in [9.17, 15) is 14.4 Å². The molecular weight excluding hydrogens is 510 g/mol. The van der Waals surface area contributed by atoms with Gasteiger partial charge in [-0.25, -0.2) is 0 Å². The van der Waals surface area contributed by atoms with Gasteiger partial charge in [0.05, 0.1) is 53.9 Å². The van der Waals surface area contributed by atoms with Crippen LogP contribution in [-0.2, 0) is 0 Å². The van der Waals surface area contributed by atoms with E-state index < -0.39 is 17.7 Å². The summed E-state index contributed by atoms with van der Waals surface area (Å²) in [5.74, 6) is -0.0583. The molecule has 12 nitrogen and oxygen atoms in total. The summed E-state index contributed by atoms with van der Waals surface area (Å²) in [5.41, 5.74) is 5.34. The molecule has 0 heterocycles. The molecule has 0 bridgehead atoms. The number of carbonyl (C=O) groups is 3. The molecule has 0 saturated carbocycles. The molecular formula is C27H29N3O9. The lowest BCUT2D eigenvalue weighted by atomic mass is 10.1. The van der Waals surface area contributed by atoms with Crippen molar-refractivity contribution in [1.82, 2.24) is 10.9 Å². The Kier molecular flexibility index (Phi) is 9.41. The van der Waals surface area contributed by atoms with E-state index in [1.54, 1.807) is 18.2 Å². The Bertz CT molecular complexity index is 1320. The van der Waals surface area contributed by atoms with Gasteiger partial charge in [0.25, 0.3) is 17.7 Å². The molecule has 12 heteroatoms. The predicted octanol–water partition coefficient (Wildman–Crippen LogP) is 3.07. The summed E-state index contributed by atoms with van der Waals surface area (Å²) in [7, 11) is 8.61. The second kappa shape index (κ2) is 12.9. The largest absolute Gasteiger partial charge is 0.493 e. The Morgan fingerprint density at radius 1 is 0.538 bits per heavy atom.